The molecule has 0 aromatic carbocycles. The number of rotatable bonds is 6. The molecular weight excluding hydrogens is 487 g/mol. The Bertz CT molecular complexity index is 1020. The quantitative estimate of drug-likeness (QED) is 0.592. The molecule has 2 N–H and O–H groups in total. The lowest BCUT2D eigenvalue weighted by Gasteiger charge is -2.45. The second kappa shape index (κ2) is 9.77. The summed E-state index contributed by atoms with van der Waals surface area (Å²) in [5, 5.41) is 3.13. The summed E-state index contributed by atoms with van der Waals surface area (Å²) in [6.07, 6.45) is 3.06. The molecular formula is C23H32F3N3O5S. The molecule has 2 saturated carbocycles. The molecule has 1 unspecified atom stereocenters. The first-order chi connectivity index (χ1) is 16.7. The molecule has 2 saturated heterocycles. The molecule has 0 radical (unpaired) electrons. The van der Waals surface area contributed by atoms with Crippen molar-refractivity contribution in [3.05, 3.63) is 17.8 Å². The number of hydrogen-bond donors (Lipinski definition) is 2. The summed E-state index contributed by atoms with van der Waals surface area (Å²) in [5.41, 5.74) is -1.23. The molecule has 5 rings (SSSR count). The average Bonchev–Trinajstić information content (AvgIpc) is 3.09. The van der Waals surface area contributed by atoms with Gasteiger partial charge >= 0.3 is 6.18 Å². The van der Waals surface area contributed by atoms with Crippen molar-refractivity contribution in [1.29, 1.82) is 0 Å². The highest BCUT2D eigenvalue weighted by Gasteiger charge is 2.44. The predicted octanol–water partition coefficient (Wildman–Crippen LogP) is 3.68. The summed E-state index contributed by atoms with van der Waals surface area (Å²) >= 11 is 0. The molecule has 0 amide bonds. The minimum absolute atomic E-state index is 0.0537. The summed E-state index contributed by atoms with van der Waals surface area (Å²) < 4.78 is 86.5. The number of aromatic nitrogens is 1. The zero-order chi connectivity index (χ0) is 24.7. The number of hydrogen-bond acceptors (Lipinski definition) is 7. The van der Waals surface area contributed by atoms with Crippen molar-refractivity contribution in [2.24, 2.45) is 11.8 Å². The first kappa shape index (κ1) is 25.2. The number of anilines is 1. The van der Waals surface area contributed by atoms with Crippen LogP contribution in [-0.4, -0.2) is 57.7 Å². The molecule has 8 nitrogen and oxygen atoms in total. The molecule has 2 aliphatic carbocycles. The fourth-order valence-corrected chi connectivity index (χ4v) is 7.01. The number of nitrogens with zero attached hydrogens (tertiary/aromatic N) is 1. The van der Waals surface area contributed by atoms with E-state index in [0.717, 1.165) is 37.9 Å². The molecule has 4 aliphatic rings. The molecule has 0 bridgehead atoms. The summed E-state index contributed by atoms with van der Waals surface area (Å²) in [5.74, 6) is 0.297. The van der Waals surface area contributed by atoms with Gasteiger partial charge in [-0.1, -0.05) is 25.7 Å². The van der Waals surface area contributed by atoms with E-state index in [1.54, 1.807) is 0 Å². The minimum Gasteiger partial charge on any atom is -0.381 e. The van der Waals surface area contributed by atoms with E-state index in [4.69, 9.17) is 14.2 Å². The van der Waals surface area contributed by atoms with Crippen LogP contribution in [0.3, 0.4) is 0 Å². The molecule has 1 aromatic heterocycles. The van der Waals surface area contributed by atoms with Gasteiger partial charge < -0.3 is 19.5 Å². The number of fused-ring (bicyclic) bond motifs is 1. The Morgan fingerprint density at radius 1 is 1.14 bits per heavy atom. The Labute approximate surface area is 203 Å². The van der Waals surface area contributed by atoms with Crippen LogP contribution < -0.4 is 10.0 Å². The Morgan fingerprint density at radius 3 is 2.69 bits per heavy atom. The van der Waals surface area contributed by atoms with E-state index in [2.05, 4.69) is 15.0 Å². The van der Waals surface area contributed by atoms with Crippen LogP contribution >= 0.6 is 0 Å². The second-order valence-electron chi connectivity index (χ2n) is 10.0. The number of halogens is 3. The normalized spacial score (nSPS) is 30.9. The van der Waals surface area contributed by atoms with Crippen molar-refractivity contribution in [2.45, 2.75) is 80.4 Å². The number of ether oxygens (including phenoxy) is 3. The highest BCUT2D eigenvalue weighted by molar-refractivity contribution is 7.89. The average molecular weight is 520 g/mol. The maximum Gasteiger partial charge on any atom is 0.417 e. The van der Waals surface area contributed by atoms with Crippen LogP contribution in [-0.2, 0) is 30.4 Å². The van der Waals surface area contributed by atoms with Crippen molar-refractivity contribution in [3.63, 3.8) is 0 Å². The van der Waals surface area contributed by atoms with Crippen molar-refractivity contribution >= 4 is 15.8 Å². The van der Waals surface area contributed by atoms with Gasteiger partial charge in [-0.3, -0.25) is 0 Å². The van der Waals surface area contributed by atoms with E-state index in [-0.39, 0.29) is 25.0 Å². The number of sulfonamides is 1. The van der Waals surface area contributed by atoms with Crippen LogP contribution in [0.15, 0.2) is 17.2 Å². The fourth-order valence-electron chi connectivity index (χ4n) is 5.80. The Morgan fingerprint density at radius 2 is 1.91 bits per heavy atom. The summed E-state index contributed by atoms with van der Waals surface area (Å²) in [6, 6.07) is 0.884. The number of pyridine rings is 1. The monoisotopic (exact) mass is 519 g/mol. The predicted molar refractivity (Wildman–Crippen MR) is 120 cm³/mol. The smallest absolute Gasteiger partial charge is 0.381 e. The lowest BCUT2D eigenvalue weighted by atomic mass is 9.67. The van der Waals surface area contributed by atoms with Gasteiger partial charge in [0.1, 0.15) is 10.7 Å². The van der Waals surface area contributed by atoms with Crippen molar-refractivity contribution in [2.75, 3.05) is 31.7 Å². The van der Waals surface area contributed by atoms with Crippen molar-refractivity contribution in [3.8, 4) is 0 Å². The van der Waals surface area contributed by atoms with Gasteiger partial charge in [0.25, 0.3) is 0 Å². The first-order valence-electron chi connectivity index (χ1n) is 12.4. The lowest BCUT2D eigenvalue weighted by molar-refractivity contribution is -0.210. The van der Waals surface area contributed by atoms with Crippen LogP contribution in [0.4, 0.5) is 19.0 Å². The van der Waals surface area contributed by atoms with Crippen LogP contribution in [0.5, 0.6) is 0 Å². The summed E-state index contributed by atoms with van der Waals surface area (Å²) in [6.45, 7) is 0.899. The summed E-state index contributed by atoms with van der Waals surface area (Å²) in [4.78, 5) is 3.16. The third-order valence-corrected chi connectivity index (χ3v) is 9.21. The lowest BCUT2D eigenvalue weighted by Crippen LogP contribution is -2.46. The third-order valence-electron chi connectivity index (χ3n) is 7.76. The molecule has 1 aromatic rings. The van der Waals surface area contributed by atoms with Crippen LogP contribution in [0.2, 0.25) is 0 Å². The molecule has 4 fully saturated rings. The molecule has 12 heteroatoms. The van der Waals surface area contributed by atoms with E-state index >= 15 is 0 Å². The van der Waals surface area contributed by atoms with Gasteiger partial charge in [-0.15, -0.1) is 0 Å². The molecule has 35 heavy (non-hydrogen) atoms. The van der Waals surface area contributed by atoms with E-state index in [9.17, 15) is 21.6 Å². The Hall–Kier alpha value is -1.47. The van der Waals surface area contributed by atoms with E-state index in [1.807, 2.05) is 0 Å². The summed E-state index contributed by atoms with van der Waals surface area (Å²) in [7, 11) is -4.49. The van der Waals surface area contributed by atoms with Crippen molar-refractivity contribution in [1.82, 2.24) is 9.71 Å². The zero-order valence-electron chi connectivity index (χ0n) is 19.5. The molecule has 3 heterocycles. The van der Waals surface area contributed by atoms with Crippen LogP contribution in [0.1, 0.15) is 56.9 Å². The second-order valence-corrected chi connectivity index (χ2v) is 11.8. The number of alkyl halides is 3. The minimum atomic E-state index is -4.85. The van der Waals surface area contributed by atoms with E-state index in [1.165, 1.54) is 12.8 Å². The fraction of sp³-hybridized carbons (Fsp3) is 0.783. The van der Waals surface area contributed by atoms with Crippen molar-refractivity contribution < 1.29 is 35.8 Å². The maximum absolute atomic E-state index is 13.9. The van der Waals surface area contributed by atoms with Gasteiger partial charge in [0.05, 0.1) is 31.5 Å². The van der Waals surface area contributed by atoms with Gasteiger partial charge in [-0.2, -0.15) is 13.2 Å². The van der Waals surface area contributed by atoms with Gasteiger partial charge in [0, 0.05) is 31.6 Å². The standard InChI is InChI=1S/C23H32F3N3O5S/c24-23(25,26)18-11-21(29-19-10-15-4-2-1-3-5-17(15)19)27-13-20(18)35(30,31)28-12-16-14-33-22(34-16)6-8-32-9-7-22/h11,13,15-17,19,28H,1-10,12,14H2,(H,27,29)/t15-,16?,17-,19+/m0/s1. The van der Waals surface area contributed by atoms with Gasteiger partial charge in [0.15, 0.2) is 5.79 Å². The van der Waals surface area contributed by atoms with E-state index < -0.39 is 38.5 Å². The SMILES string of the molecule is O=S(=O)(NCC1COC2(CCOCC2)O1)c1cnc(N[C@@H]2C[C@@H]3CCCCC[C@@H]32)cc1C(F)(F)F. The van der Waals surface area contributed by atoms with Gasteiger partial charge in [-0.25, -0.2) is 18.1 Å². The van der Waals surface area contributed by atoms with Crippen LogP contribution in [0, 0.1) is 11.8 Å². The highest BCUT2D eigenvalue weighted by atomic mass is 32.2. The maximum atomic E-state index is 13.9. The van der Waals surface area contributed by atoms with Crippen LogP contribution in [0.25, 0.3) is 0 Å². The Balaban J connectivity index is 1.26. The Kier molecular flexibility index (Phi) is 7.03. The largest absolute Gasteiger partial charge is 0.417 e. The number of nitrogens with one attached hydrogen (secondary N) is 2. The molecule has 1 spiro atoms. The molecule has 2 aliphatic heterocycles. The highest BCUT2D eigenvalue weighted by Crippen LogP contribution is 2.45. The van der Waals surface area contributed by atoms with E-state index in [0.29, 0.717) is 37.9 Å². The molecule has 196 valence electrons. The first-order valence-corrected chi connectivity index (χ1v) is 13.9. The van der Waals surface area contributed by atoms with Gasteiger partial charge in [0.2, 0.25) is 10.0 Å². The topological polar surface area (TPSA) is 98.8 Å². The molecule has 4 atom stereocenters. The zero-order valence-corrected chi connectivity index (χ0v) is 20.3. The van der Waals surface area contributed by atoms with Gasteiger partial charge in [-0.05, 0) is 30.7 Å². The third kappa shape index (κ3) is 5.46.